The van der Waals surface area contributed by atoms with Gasteiger partial charge in [-0.05, 0) is 68.5 Å². The fraction of sp³-hybridized carbons (Fsp3) is 0.517. The zero-order valence-corrected chi connectivity index (χ0v) is 22.9. The Kier molecular flexibility index (Phi) is 7.85. The molecule has 0 spiro atoms. The Bertz CT molecular complexity index is 1260. The lowest BCUT2D eigenvalue weighted by atomic mass is 9.83. The summed E-state index contributed by atoms with van der Waals surface area (Å²) >= 11 is 0. The van der Waals surface area contributed by atoms with Crippen LogP contribution in [0.4, 0.5) is 24.5 Å². The van der Waals surface area contributed by atoms with Crippen LogP contribution in [0.2, 0.25) is 0 Å². The zero-order chi connectivity index (χ0) is 28.6. The first kappa shape index (κ1) is 28.1. The third-order valence-corrected chi connectivity index (χ3v) is 8.56. The summed E-state index contributed by atoms with van der Waals surface area (Å²) in [7, 11) is 4.90. The minimum Gasteiger partial charge on any atom is -0.497 e. The number of hydrogen-bond donors (Lipinski definition) is 2. The number of likely N-dealkylation sites (N-methyl/N-ethyl adjacent to an activating group) is 1. The highest BCUT2D eigenvalue weighted by molar-refractivity contribution is 5.98. The second kappa shape index (κ2) is 11.2. The Morgan fingerprint density at radius 1 is 0.950 bits per heavy atom. The average molecular weight is 561 g/mol. The quantitative estimate of drug-likeness (QED) is 0.527. The SMILES string of the molecule is COc1cc(C(=O)N[C@H]2[C@H]3CC[C@@H](C3)[C@@H]2C(=O)Nc2ccc(N3CCN(C)CC3)cc2OC)cc(C(F)(F)F)c1. The van der Waals surface area contributed by atoms with Crippen LogP contribution in [-0.2, 0) is 11.0 Å². The molecule has 0 unspecified atom stereocenters. The van der Waals surface area contributed by atoms with Crippen molar-refractivity contribution in [3.05, 3.63) is 47.5 Å². The molecule has 2 saturated carbocycles. The molecule has 0 aromatic heterocycles. The van der Waals surface area contributed by atoms with Crippen molar-refractivity contribution >= 4 is 23.2 Å². The van der Waals surface area contributed by atoms with Gasteiger partial charge in [0.2, 0.25) is 5.91 Å². The maximum Gasteiger partial charge on any atom is 0.416 e. The molecule has 2 aromatic carbocycles. The number of benzene rings is 2. The van der Waals surface area contributed by atoms with E-state index in [2.05, 4.69) is 27.5 Å². The fourth-order valence-electron chi connectivity index (χ4n) is 6.38. The third kappa shape index (κ3) is 5.70. The first-order valence-electron chi connectivity index (χ1n) is 13.6. The first-order valence-corrected chi connectivity index (χ1v) is 13.6. The molecule has 1 saturated heterocycles. The molecule has 11 heteroatoms. The standard InChI is InChI=1S/C29H35F3N4O4/c1-35-8-10-36(11-9-35)21-6-7-23(24(16-21)40-3)33-28(38)25-17-4-5-18(12-17)26(25)34-27(37)19-13-20(29(30,31)32)15-22(14-19)39-2/h6-7,13-18,25-26H,4-5,8-12H2,1-3H3,(H,33,38)(H,34,37)/t17-,18-,25-,26-/m0/s1. The van der Waals surface area contributed by atoms with Crippen LogP contribution >= 0.6 is 0 Å². The predicted molar refractivity (Wildman–Crippen MR) is 145 cm³/mol. The summed E-state index contributed by atoms with van der Waals surface area (Å²) < 4.78 is 50.8. The van der Waals surface area contributed by atoms with Crippen LogP contribution < -0.4 is 25.0 Å². The van der Waals surface area contributed by atoms with Gasteiger partial charge in [0.15, 0.2) is 0 Å². The number of ether oxygens (including phenoxy) is 2. The zero-order valence-electron chi connectivity index (χ0n) is 22.9. The van der Waals surface area contributed by atoms with Crippen LogP contribution in [-0.4, -0.2) is 70.2 Å². The monoisotopic (exact) mass is 560 g/mol. The van der Waals surface area contributed by atoms with Crippen molar-refractivity contribution in [1.82, 2.24) is 10.2 Å². The Hall–Kier alpha value is -3.47. The van der Waals surface area contributed by atoms with Gasteiger partial charge in [0.25, 0.3) is 5.91 Å². The number of amides is 2. The number of nitrogens with zero attached hydrogens (tertiary/aromatic N) is 2. The lowest BCUT2D eigenvalue weighted by Gasteiger charge is -2.34. The molecule has 3 fully saturated rings. The van der Waals surface area contributed by atoms with Crippen LogP contribution in [0.1, 0.15) is 35.2 Å². The van der Waals surface area contributed by atoms with Crippen molar-refractivity contribution in [1.29, 1.82) is 0 Å². The fourth-order valence-corrected chi connectivity index (χ4v) is 6.38. The second-order valence-electron chi connectivity index (χ2n) is 11.0. The van der Waals surface area contributed by atoms with Crippen LogP contribution in [0.25, 0.3) is 0 Å². The lowest BCUT2D eigenvalue weighted by molar-refractivity contribution is -0.137. The molecule has 2 aliphatic carbocycles. The van der Waals surface area contributed by atoms with Crippen LogP contribution in [0, 0.1) is 17.8 Å². The maximum atomic E-state index is 13.6. The largest absolute Gasteiger partial charge is 0.497 e. The van der Waals surface area contributed by atoms with Gasteiger partial charge in [0.1, 0.15) is 11.5 Å². The highest BCUT2D eigenvalue weighted by Crippen LogP contribution is 2.49. The van der Waals surface area contributed by atoms with Gasteiger partial charge in [-0.25, -0.2) is 0 Å². The number of anilines is 2. The number of nitrogens with one attached hydrogen (secondary N) is 2. The molecule has 2 bridgehead atoms. The molecule has 4 atom stereocenters. The number of fused-ring (bicyclic) bond motifs is 2. The Morgan fingerprint density at radius 2 is 1.68 bits per heavy atom. The van der Waals surface area contributed by atoms with E-state index in [-0.39, 0.29) is 29.1 Å². The van der Waals surface area contributed by atoms with Crippen LogP contribution in [0.15, 0.2) is 36.4 Å². The van der Waals surface area contributed by atoms with E-state index < -0.39 is 29.6 Å². The number of alkyl halides is 3. The summed E-state index contributed by atoms with van der Waals surface area (Å²) in [6.07, 6.45) is -2.12. The Labute approximate surface area is 231 Å². The number of hydrogen-bond acceptors (Lipinski definition) is 6. The lowest BCUT2D eigenvalue weighted by Crippen LogP contribution is -2.48. The molecule has 2 aromatic rings. The molecular weight excluding hydrogens is 525 g/mol. The summed E-state index contributed by atoms with van der Waals surface area (Å²) in [4.78, 5) is 31.3. The highest BCUT2D eigenvalue weighted by Gasteiger charge is 2.51. The molecule has 1 aliphatic heterocycles. The van der Waals surface area contributed by atoms with E-state index in [4.69, 9.17) is 9.47 Å². The number of methoxy groups -OCH3 is 2. The summed E-state index contributed by atoms with van der Waals surface area (Å²) in [5, 5.41) is 5.90. The predicted octanol–water partition coefficient (Wildman–Crippen LogP) is 4.26. The van der Waals surface area contributed by atoms with Crippen molar-refractivity contribution in [3.63, 3.8) is 0 Å². The van der Waals surface area contributed by atoms with Crippen molar-refractivity contribution in [2.75, 3.05) is 57.7 Å². The molecule has 2 N–H and O–H groups in total. The summed E-state index contributed by atoms with van der Waals surface area (Å²) in [5.74, 6) is -0.740. The molecule has 40 heavy (non-hydrogen) atoms. The van der Waals surface area contributed by atoms with Crippen molar-refractivity contribution in [3.8, 4) is 11.5 Å². The number of piperazine rings is 1. The van der Waals surface area contributed by atoms with Gasteiger partial charge in [-0.1, -0.05) is 0 Å². The van der Waals surface area contributed by atoms with Gasteiger partial charge < -0.3 is 29.9 Å². The van der Waals surface area contributed by atoms with Crippen molar-refractivity contribution < 1.29 is 32.2 Å². The molecule has 2 amide bonds. The molecule has 5 rings (SSSR count). The summed E-state index contributed by atoms with van der Waals surface area (Å²) in [5.41, 5.74) is 0.437. The van der Waals surface area contributed by atoms with E-state index in [0.29, 0.717) is 11.4 Å². The number of rotatable bonds is 7. The van der Waals surface area contributed by atoms with E-state index >= 15 is 0 Å². The average Bonchev–Trinajstić information content (AvgIpc) is 3.55. The van der Waals surface area contributed by atoms with Crippen LogP contribution in [0.3, 0.4) is 0 Å². The molecular formula is C29H35F3N4O4. The van der Waals surface area contributed by atoms with Gasteiger partial charge in [-0.2, -0.15) is 13.2 Å². The first-order chi connectivity index (χ1) is 19.1. The number of carbonyl (C=O) groups is 2. The minimum absolute atomic E-state index is 0.0608. The molecule has 0 radical (unpaired) electrons. The summed E-state index contributed by atoms with van der Waals surface area (Å²) in [6, 6.07) is 8.18. The van der Waals surface area contributed by atoms with E-state index in [1.54, 1.807) is 7.11 Å². The molecule has 3 aliphatic rings. The summed E-state index contributed by atoms with van der Waals surface area (Å²) in [6.45, 7) is 3.72. The molecule has 216 valence electrons. The van der Waals surface area contributed by atoms with Gasteiger partial charge in [-0.3, -0.25) is 9.59 Å². The normalized spacial score (nSPS) is 24.6. The van der Waals surface area contributed by atoms with E-state index in [0.717, 1.165) is 63.3 Å². The number of halogens is 3. The third-order valence-electron chi connectivity index (χ3n) is 8.56. The van der Waals surface area contributed by atoms with Gasteiger partial charge in [0.05, 0.1) is 31.4 Å². The van der Waals surface area contributed by atoms with E-state index in [1.165, 1.54) is 13.2 Å². The van der Waals surface area contributed by atoms with Gasteiger partial charge >= 0.3 is 6.18 Å². The topological polar surface area (TPSA) is 83.1 Å². The van der Waals surface area contributed by atoms with Crippen molar-refractivity contribution in [2.24, 2.45) is 17.8 Å². The molecule has 8 nitrogen and oxygen atoms in total. The van der Waals surface area contributed by atoms with Crippen LogP contribution in [0.5, 0.6) is 11.5 Å². The van der Waals surface area contributed by atoms with Gasteiger partial charge in [0, 0.05) is 49.5 Å². The maximum absolute atomic E-state index is 13.6. The van der Waals surface area contributed by atoms with Crippen molar-refractivity contribution in [2.45, 2.75) is 31.5 Å². The molecule has 1 heterocycles. The minimum atomic E-state index is -4.63. The second-order valence-corrected chi connectivity index (χ2v) is 11.0. The Morgan fingerprint density at radius 3 is 2.35 bits per heavy atom. The van der Waals surface area contributed by atoms with E-state index in [9.17, 15) is 22.8 Å². The Balaban J connectivity index is 1.32. The number of carbonyl (C=O) groups excluding carboxylic acids is 2. The smallest absolute Gasteiger partial charge is 0.416 e. The van der Waals surface area contributed by atoms with E-state index in [1.807, 2.05) is 18.2 Å². The van der Waals surface area contributed by atoms with Gasteiger partial charge in [-0.15, -0.1) is 0 Å². The highest BCUT2D eigenvalue weighted by atomic mass is 19.4.